The number of rotatable bonds is 18. The van der Waals surface area contributed by atoms with Gasteiger partial charge in [-0.25, -0.2) is 19.4 Å². The van der Waals surface area contributed by atoms with Crippen LogP contribution in [-0.2, 0) is 23.0 Å². The Morgan fingerprint density at radius 3 is 1.39 bits per heavy atom. The number of hydrogen-bond acceptors (Lipinski definition) is 19. The second-order valence-corrected chi connectivity index (χ2v) is 11.6. The predicted octanol–water partition coefficient (Wildman–Crippen LogP) is 8.25. The molecular formula is C35H32ClN9O12. The number of carbonyl (C=O) groups is 2. The van der Waals surface area contributed by atoms with Crippen LogP contribution in [0.2, 0.25) is 5.28 Å². The molecule has 0 aliphatic carbocycles. The van der Waals surface area contributed by atoms with Gasteiger partial charge in [-0.3, -0.25) is 10.5 Å². The molecule has 6 N–H and O–H groups in total. The van der Waals surface area contributed by atoms with Crippen LogP contribution in [0.1, 0.15) is 31.8 Å². The highest BCUT2D eigenvalue weighted by atomic mass is 35.5. The minimum Gasteiger partial charge on any atom is -0.494 e. The SMILES string of the molecule is COc1cc(Nc2nc(Cl)nc(Nc3cc(OC)c(N=Nc4cc(C(=O)O)cc(C(=O)O)c4)cc3OC)n2)c(OC)cc1N=Nc1cc(COO)cc(COO)c1. The first-order valence-electron chi connectivity index (χ1n) is 16.1. The number of aromatic nitrogens is 3. The average Bonchev–Trinajstić information content (AvgIpc) is 3.19. The number of anilines is 4. The number of ether oxygens (including phenoxy) is 4. The summed E-state index contributed by atoms with van der Waals surface area (Å²) in [4.78, 5) is 44.2. The summed E-state index contributed by atoms with van der Waals surface area (Å²) in [6.45, 7) is -0.265. The Hall–Kier alpha value is -7.04. The van der Waals surface area contributed by atoms with E-state index in [-0.39, 0.29) is 81.6 Å². The van der Waals surface area contributed by atoms with Crippen molar-refractivity contribution in [1.82, 2.24) is 15.0 Å². The molecule has 22 heteroatoms. The van der Waals surface area contributed by atoms with E-state index < -0.39 is 11.9 Å². The van der Waals surface area contributed by atoms with Crippen molar-refractivity contribution in [3.63, 3.8) is 0 Å². The fraction of sp³-hybridized carbons (Fsp3) is 0.171. The van der Waals surface area contributed by atoms with Crippen LogP contribution < -0.4 is 29.6 Å². The first kappa shape index (κ1) is 41.1. The summed E-state index contributed by atoms with van der Waals surface area (Å²) < 4.78 is 22.2. The van der Waals surface area contributed by atoms with E-state index in [2.05, 4.69) is 55.8 Å². The van der Waals surface area contributed by atoms with E-state index >= 15 is 0 Å². The minimum atomic E-state index is -1.34. The van der Waals surface area contributed by atoms with Crippen LogP contribution in [0.3, 0.4) is 0 Å². The molecule has 0 radical (unpaired) electrons. The molecule has 0 saturated heterocycles. The third-order valence-corrected chi connectivity index (χ3v) is 7.73. The maximum absolute atomic E-state index is 11.5. The predicted molar refractivity (Wildman–Crippen MR) is 200 cm³/mol. The van der Waals surface area contributed by atoms with Gasteiger partial charge in [0.2, 0.25) is 17.2 Å². The number of azo groups is 2. The summed E-state index contributed by atoms with van der Waals surface area (Å²) in [7, 11) is 5.64. The molecule has 21 nitrogen and oxygen atoms in total. The zero-order valence-electron chi connectivity index (χ0n) is 30.3. The highest BCUT2D eigenvalue weighted by Crippen LogP contribution is 2.42. The molecule has 0 amide bonds. The number of aromatic carboxylic acids is 2. The lowest BCUT2D eigenvalue weighted by molar-refractivity contribution is -0.254. The maximum atomic E-state index is 11.5. The smallest absolute Gasteiger partial charge is 0.335 e. The van der Waals surface area contributed by atoms with E-state index in [1.165, 1.54) is 52.7 Å². The molecule has 0 unspecified atom stereocenters. The molecule has 0 atom stereocenters. The Morgan fingerprint density at radius 2 is 1.00 bits per heavy atom. The topological polar surface area (TPSA) is 283 Å². The number of nitrogens with zero attached hydrogens (tertiary/aromatic N) is 7. The summed E-state index contributed by atoms with van der Waals surface area (Å²) in [6, 6.07) is 14.3. The van der Waals surface area contributed by atoms with E-state index in [0.29, 0.717) is 28.2 Å². The van der Waals surface area contributed by atoms with Gasteiger partial charge in [-0.15, -0.1) is 10.2 Å². The monoisotopic (exact) mass is 805 g/mol. The van der Waals surface area contributed by atoms with Crippen molar-refractivity contribution in [3.8, 4) is 23.0 Å². The minimum absolute atomic E-state index is 0.00514. The Labute approximate surface area is 327 Å². The van der Waals surface area contributed by atoms with Crippen molar-refractivity contribution in [2.24, 2.45) is 20.5 Å². The van der Waals surface area contributed by atoms with Crippen LogP contribution in [0.25, 0.3) is 0 Å². The summed E-state index contributed by atoms with van der Waals surface area (Å²) in [5, 5.41) is 59.1. The van der Waals surface area contributed by atoms with Gasteiger partial charge >= 0.3 is 11.9 Å². The van der Waals surface area contributed by atoms with Crippen LogP contribution in [0.4, 0.5) is 46.0 Å². The second-order valence-electron chi connectivity index (χ2n) is 11.3. The van der Waals surface area contributed by atoms with Crippen molar-refractivity contribution < 1.29 is 59.0 Å². The highest BCUT2D eigenvalue weighted by molar-refractivity contribution is 6.28. The fourth-order valence-electron chi connectivity index (χ4n) is 5.07. The summed E-state index contributed by atoms with van der Waals surface area (Å²) in [5.74, 6) is -1.71. The van der Waals surface area contributed by atoms with Crippen molar-refractivity contribution in [1.29, 1.82) is 0 Å². The normalized spacial score (nSPS) is 11.1. The number of methoxy groups -OCH3 is 4. The fourth-order valence-corrected chi connectivity index (χ4v) is 5.23. The lowest BCUT2D eigenvalue weighted by Crippen LogP contribution is -2.06. The third-order valence-electron chi connectivity index (χ3n) is 7.56. The Morgan fingerprint density at radius 1 is 0.579 bits per heavy atom. The lowest BCUT2D eigenvalue weighted by atomic mass is 10.1. The van der Waals surface area contributed by atoms with E-state index in [9.17, 15) is 19.8 Å². The van der Waals surface area contributed by atoms with E-state index in [4.69, 9.17) is 41.1 Å². The number of hydrogen-bond donors (Lipinski definition) is 6. The molecular weight excluding hydrogens is 774 g/mol. The number of nitrogens with one attached hydrogen (secondary N) is 2. The second kappa shape index (κ2) is 19.0. The van der Waals surface area contributed by atoms with Gasteiger partial charge in [0.15, 0.2) is 0 Å². The molecule has 57 heavy (non-hydrogen) atoms. The Bertz CT molecular complexity index is 2290. The summed E-state index contributed by atoms with van der Waals surface area (Å²) in [5.41, 5.74) is 1.97. The van der Waals surface area contributed by atoms with Gasteiger partial charge in [0.25, 0.3) is 0 Å². The maximum Gasteiger partial charge on any atom is 0.335 e. The Balaban J connectivity index is 1.41. The van der Waals surface area contributed by atoms with Gasteiger partial charge in [-0.2, -0.15) is 25.2 Å². The zero-order valence-corrected chi connectivity index (χ0v) is 31.0. The third kappa shape index (κ3) is 10.6. The van der Waals surface area contributed by atoms with Crippen LogP contribution in [-0.4, -0.2) is 76.1 Å². The molecule has 0 aliphatic heterocycles. The van der Waals surface area contributed by atoms with Crippen molar-refractivity contribution >= 4 is 69.6 Å². The van der Waals surface area contributed by atoms with Gasteiger partial charge in [0.05, 0.1) is 62.3 Å². The molecule has 0 aliphatic rings. The quantitative estimate of drug-likeness (QED) is 0.0276. The van der Waals surface area contributed by atoms with E-state index in [1.807, 2.05) is 0 Å². The largest absolute Gasteiger partial charge is 0.494 e. The van der Waals surface area contributed by atoms with E-state index in [0.717, 1.165) is 6.07 Å². The van der Waals surface area contributed by atoms with E-state index in [1.54, 1.807) is 30.3 Å². The highest BCUT2D eigenvalue weighted by Gasteiger charge is 2.18. The number of benzene rings is 4. The number of halogens is 1. The van der Waals surface area contributed by atoms with Crippen molar-refractivity contribution in [3.05, 3.63) is 88.2 Å². The molecule has 4 aromatic carbocycles. The van der Waals surface area contributed by atoms with Crippen LogP contribution >= 0.6 is 11.6 Å². The first-order chi connectivity index (χ1) is 27.5. The Kier molecular flexibility index (Phi) is 13.7. The molecule has 0 saturated carbocycles. The molecule has 0 spiro atoms. The molecule has 1 aromatic heterocycles. The lowest BCUT2D eigenvalue weighted by Gasteiger charge is -2.15. The molecule has 0 bridgehead atoms. The van der Waals surface area contributed by atoms with Gasteiger partial charge in [-0.1, -0.05) is 6.07 Å². The number of carboxylic acids is 2. The van der Waals surface area contributed by atoms with Crippen molar-refractivity contribution in [2.75, 3.05) is 39.1 Å². The van der Waals surface area contributed by atoms with Crippen molar-refractivity contribution in [2.45, 2.75) is 13.2 Å². The van der Waals surface area contributed by atoms with Gasteiger partial charge in [0.1, 0.15) is 47.6 Å². The van der Waals surface area contributed by atoms with Crippen LogP contribution in [0.15, 0.2) is 81.1 Å². The molecule has 296 valence electrons. The molecule has 5 rings (SSSR count). The van der Waals surface area contributed by atoms with Crippen LogP contribution in [0, 0.1) is 0 Å². The molecule has 0 fully saturated rings. The summed E-state index contributed by atoms with van der Waals surface area (Å²) in [6.07, 6.45) is 0. The van der Waals surface area contributed by atoms with Gasteiger partial charge in [-0.05, 0) is 53.1 Å². The van der Waals surface area contributed by atoms with Gasteiger partial charge in [0, 0.05) is 24.3 Å². The zero-order chi connectivity index (χ0) is 41.1. The standard InChI is InChI=1S/C35H32ClN9O12/c1-52-27-13-25(44-42-21-6-17(15-56-50)5-18(7-21)16-57-51)29(54-3)11-23(27)37-34-39-33(36)40-35(41-34)38-24-12-30(55-4)26(14-28(24)53-2)45-43-22-9-19(31(46)47)8-20(10-22)32(48)49/h5-14,50-51H,15-16H2,1-4H3,(H,46,47)(H,48,49)(H2,37,38,39,40,41). The summed E-state index contributed by atoms with van der Waals surface area (Å²) >= 11 is 6.29. The van der Waals surface area contributed by atoms with Gasteiger partial charge < -0.3 is 39.8 Å². The average molecular weight is 806 g/mol. The number of carboxylic acid groups (broad SMARTS) is 2. The molecule has 1 heterocycles. The first-order valence-corrected chi connectivity index (χ1v) is 16.4. The molecule has 5 aromatic rings. The van der Waals surface area contributed by atoms with Crippen LogP contribution in [0.5, 0.6) is 23.0 Å².